The van der Waals surface area contributed by atoms with Crippen molar-refractivity contribution in [2.75, 3.05) is 20.8 Å². The Labute approximate surface area is 197 Å². The lowest BCUT2D eigenvalue weighted by molar-refractivity contribution is 0.146. The molecular formula is C26H26N2O4S. The Morgan fingerprint density at radius 2 is 1.79 bits per heavy atom. The van der Waals surface area contributed by atoms with Gasteiger partial charge in [0.2, 0.25) is 0 Å². The summed E-state index contributed by atoms with van der Waals surface area (Å²) < 4.78 is 17.5. The molecule has 0 fully saturated rings. The number of fused-ring (bicyclic) bond motifs is 1. The number of hydrogen-bond acceptors (Lipinski definition) is 6. The maximum Gasteiger partial charge on any atom is 0.415 e. The van der Waals surface area contributed by atoms with Gasteiger partial charge >= 0.3 is 6.09 Å². The Kier molecular flexibility index (Phi) is 7.10. The van der Waals surface area contributed by atoms with Crippen LogP contribution in [-0.2, 0) is 6.54 Å². The first-order valence-corrected chi connectivity index (χ1v) is 11.5. The van der Waals surface area contributed by atoms with E-state index in [0.717, 1.165) is 21.3 Å². The molecule has 0 aliphatic heterocycles. The van der Waals surface area contributed by atoms with Crippen molar-refractivity contribution in [3.8, 4) is 17.2 Å². The molecule has 4 rings (SSSR count). The number of aromatic nitrogens is 1. The van der Waals surface area contributed by atoms with E-state index in [1.807, 2.05) is 48.5 Å². The lowest BCUT2D eigenvalue weighted by Crippen LogP contribution is -2.36. The number of nitrogens with zero attached hydrogens (tertiary/aromatic N) is 2. The third-order valence-corrected chi connectivity index (χ3v) is 6.24. The lowest BCUT2D eigenvalue weighted by Gasteiger charge is -2.26. The van der Waals surface area contributed by atoms with Gasteiger partial charge in [0.1, 0.15) is 5.75 Å². The standard InChI is InChI=1S/C26H26N2O4S/c1-18(20-7-5-4-6-8-20)15-28(16-19-9-12-23(30-2)24(13-19)31-3)26(29)32-21-10-11-22-25(14-21)33-17-27-22/h4-14,17-18H,15-16H2,1-3H3/t18-/m0/s1. The van der Waals surface area contributed by atoms with Crippen LogP contribution in [0.4, 0.5) is 4.79 Å². The smallest absolute Gasteiger partial charge is 0.415 e. The molecule has 7 heteroatoms. The fraction of sp³-hybridized carbons (Fsp3) is 0.231. The minimum Gasteiger partial charge on any atom is -0.493 e. The number of carbonyl (C=O) groups excluding carboxylic acids is 1. The molecule has 1 atom stereocenters. The quantitative estimate of drug-likeness (QED) is 0.316. The van der Waals surface area contributed by atoms with E-state index in [-0.39, 0.29) is 5.92 Å². The first kappa shape index (κ1) is 22.6. The normalized spacial score (nSPS) is 11.7. The average Bonchev–Trinajstić information content (AvgIpc) is 3.32. The summed E-state index contributed by atoms with van der Waals surface area (Å²) in [7, 11) is 3.20. The number of amides is 1. The van der Waals surface area contributed by atoms with Gasteiger partial charge in [-0.25, -0.2) is 9.78 Å². The van der Waals surface area contributed by atoms with Crippen LogP contribution in [0, 0.1) is 0 Å². The van der Waals surface area contributed by atoms with E-state index in [4.69, 9.17) is 14.2 Å². The van der Waals surface area contributed by atoms with Gasteiger partial charge in [0.25, 0.3) is 0 Å². The van der Waals surface area contributed by atoms with Crippen molar-refractivity contribution in [2.45, 2.75) is 19.4 Å². The summed E-state index contributed by atoms with van der Waals surface area (Å²) in [6.45, 7) is 2.98. The van der Waals surface area contributed by atoms with Gasteiger partial charge in [0.15, 0.2) is 11.5 Å². The molecule has 0 saturated carbocycles. The van der Waals surface area contributed by atoms with Crippen LogP contribution in [0.2, 0.25) is 0 Å². The van der Waals surface area contributed by atoms with E-state index in [0.29, 0.717) is 30.3 Å². The predicted octanol–water partition coefficient (Wildman–Crippen LogP) is 6.12. The number of benzene rings is 3. The van der Waals surface area contributed by atoms with Crippen molar-refractivity contribution in [2.24, 2.45) is 0 Å². The summed E-state index contributed by atoms with van der Waals surface area (Å²) >= 11 is 1.51. The maximum absolute atomic E-state index is 13.3. The molecule has 0 aliphatic rings. The predicted molar refractivity (Wildman–Crippen MR) is 130 cm³/mol. The first-order chi connectivity index (χ1) is 16.1. The van der Waals surface area contributed by atoms with Gasteiger partial charge in [-0.05, 0) is 41.3 Å². The van der Waals surface area contributed by atoms with Gasteiger partial charge in [0.05, 0.1) is 29.9 Å². The number of thiazole rings is 1. The summed E-state index contributed by atoms with van der Waals surface area (Å²) in [5.41, 5.74) is 4.75. The number of carbonyl (C=O) groups is 1. The van der Waals surface area contributed by atoms with Crippen LogP contribution in [0.3, 0.4) is 0 Å². The van der Waals surface area contributed by atoms with Crippen LogP contribution in [0.15, 0.2) is 72.2 Å². The highest BCUT2D eigenvalue weighted by Crippen LogP contribution is 2.29. The molecule has 0 radical (unpaired) electrons. The Balaban J connectivity index is 1.57. The van der Waals surface area contributed by atoms with Crippen molar-refractivity contribution >= 4 is 27.6 Å². The zero-order valence-electron chi connectivity index (χ0n) is 18.9. The van der Waals surface area contributed by atoms with Crippen LogP contribution in [0.5, 0.6) is 17.2 Å². The second kappa shape index (κ2) is 10.4. The van der Waals surface area contributed by atoms with E-state index in [1.54, 1.807) is 30.7 Å². The number of hydrogen-bond donors (Lipinski definition) is 0. The Morgan fingerprint density at radius 3 is 2.55 bits per heavy atom. The van der Waals surface area contributed by atoms with Crippen molar-refractivity contribution in [1.29, 1.82) is 0 Å². The zero-order valence-corrected chi connectivity index (χ0v) is 19.7. The minimum atomic E-state index is -0.406. The highest BCUT2D eigenvalue weighted by molar-refractivity contribution is 7.16. The monoisotopic (exact) mass is 462 g/mol. The van der Waals surface area contributed by atoms with Gasteiger partial charge in [-0.15, -0.1) is 11.3 Å². The molecule has 1 amide bonds. The number of ether oxygens (including phenoxy) is 3. The Bertz CT molecular complexity index is 1230. The van der Waals surface area contributed by atoms with E-state index < -0.39 is 6.09 Å². The third-order valence-electron chi connectivity index (χ3n) is 5.45. The SMILES string of the molecule is COc1ccc(CN(C[C@H](C)c2ccccc2)C(=O)Oc2ccc3ncsc3c2)cc1OC. The molecule has 1 aromatic heterocycles. The molecule has 1 heterocycles. The topological polar surface area (TPSA) is 60.9 Å². The summed E-state index contributed by atoms with van der Waals surface area (Å²) in [6, 6.07) is 21.3. The van der Waals surface area contributed by atoms with E-state index in [9.17, 15) is 4.79 Å². The highest BCUT2D eigenvalue weighted by Gasteiger charge is 2.21. The molecule has 6 nitrogen and oxygen atoms in total. The van der Waals surface area contributed by atoms with Crippen LogP contribution in [0.25, 0.3) is 10.2 Å². The minimum absolute atomic E-state index is 0.128. The van der Waals surface area contributed by atoms with Crippen LogP contribution >= 0.6 is 11.3 Å². The molecule has 0 unspecified atom stereocenters. The molecule has 3 aromatic carbocycles. The second-order valence-corrected chi connectivity index (χ2v) is 8.62. The van der Waals surface area contributed by atoms with Gasteiger partial charge in [-0.2, -0.15) is 0 Å². The lowest BCUT2D eigenvalue weighted by atomic mass is 10.0. The van der Waals surface area contributed by atoms with Crippen LogP contribution in [0.1, 0.15) is 24.0 Å². The summed E-state index contributed by atoms with van der Waals surface area (Å²) in [5.74, 6) is 1.89. The van der Waals surface area contributed by atoms with Crippen molar-refractivity contribution in [1.82, 2.24) is 9.88 Å². The van der Waals surface area contributed by atoms with Gasteiger partial charge in [-0.1, -0.05) is 43.3 Å². The number of methoxy groups -OCH3 is 2. The van der Waals surface area contributed by atoms with Crippen molar-refractivity contribution in [3.05, 3.63) is 83.4 Å². The van der Waals surface area contributed by atoms with Gasteiger partial charge < -0.3 is 19.1 Å². The number of rotatable bonds is 8. The molecule has 33 heavy (non-hydrogen) atoms. The van der Waals surface area contributed by atoms with Crippen molar-refractivity contribution < 1.29 is 19.0 Å². The molecule has 4 aromatic rings. The Hall–Kier alpha value is -3.58. The molecule has 0 spiro atoms. The molecule has 0 saturated heterocycles. The highest BCUT2D eigenvalue weighted by atomic mass is 32.1. The third kappa shape index (κ3) is 5.43. The second-order valence-electron chi connectivity index (χ2n) is 7.73. The molecule has 0 aliphatic carbocycles. The van der Waals surface area contributed by atoms with Crippen LogP contribution in [-0.4, -0.2) is 36.7 Å². The van der Waals surface area contributed by atoms with E-state index >= 15 is 0 Å². The van der Waals surface area contributed by atoms with Crippen molar-refractivity contribution in [3.63, 3.8) is 0 Å². The fourth-order valence-corrected chi connectivity index (χ4v) is 4.39. The molecule has 0 N–H and O–H groups in total. The van der Waals surface area contributed by atoms with Gasteiger partial charge in [0, 0.05) is 19.2 Å². The van der Waals surface area contributed by atoms with E-state index in [2.05, 4.69) is 24.0 Å². The zero-order chi connectivity index (χ0) is 23.2. The largest absolute Gasteiger partial charge is 0.493 e. The summed E-state index contributed by atoms with van der Waals surface area (Å²) in [5, 5.41) is 0. The first-order valence-electron chi connectivity index (χ1n) is 10.6. The molecule has 170 valence electrons. The Morgan fingerprint density at radius 1 is 1.00 bits per heavy atom. The average molecular weight is 463 g/mol. The van der Waals surface area contributed by atoms with E-state index in [1.165, 1.54) is 11.3 Å². The van der Waals surface area contributed by atoms with Crippen LogP contribution < -0.4 is 14.2 Å². The van der Waals surface area contributed by atoms with Gasteiger partial charge in [-0.3, -0.25) is 0 Å². The fourth-order valence-electron chi connectivity index (χ4n) is 3.68. The maximum atomic E-state index is 13.3. The summed E-state index contributed by atoms with van der Waals surface area (Å²) in [4.78, 5) is 19.3. The summed E-state index contributed by atoms with van der Waals surface area (Å²) in [6.07, 6.45) is -0.406. The molecule has 0 bridgehead atoms. The molecular weight excluding hydrogens is 436 g/mol.